The minimum absolute atomic E-state index is 0.523. The molecule has 15 aromatic carbocycles. The SMILES string of the molecule is N#Cc1cc(-n2c3ccc(-n4c5ccccc5c5ccccc54)cc3c3cc(-n4c5ccccc5c5ccccc54)ccc32)c(-n2c3ccc(-n4c5ccccc5c5ccccc54)cc3c3cc(-n4c5ccccc5c5ccccc54)ccc32)cc1-c1cc(-c2ccccc2)nc(-c2ccccc2)c1. The lowest BCUT2D eigenvalue weighted by Gasteiger charge is -2.20. The first kappa shape index (κ1) is 57.6. The van der Waals surface area contributed by atoms with E-state index >= 15 is 0 Å². The smallest absolute Gasteiger partial charge is 0.0998 e. The molecule has 0 atom stereocenters. The molecule has 104 heavy (non-hydrogen) atoms. The van der Waals surface area contributed by atoms with Crippen LogP contribution in [0.5, 0.6) is 0 Å². The Bertz CT molecular complexity index is 6820. The Morgan fingerprint density at radius 1 is 0.202 bits per heavy atom. The average Bonchev–Trinajstić information content (AvgIpc) is 1.54. The summed E-state index contributed by atoms with van der Waals surface area (Å²) < 4.78 is 14.6. The summed E-state index contributed by atoms with van der Waals surface area (Å²) in [6, 6.07) is 130. The standard InChI is InChI=1S/C96H58N8/c97-59-63-53-95(103-91-47-43-64(99-83-35-15-7-27-68(83)69-28-8-16-36-84(69)99)54-77(91)78-55-65(44-48-92(78)103)100-85-37-17-9-29-70(85)71-30-10-18-38-86(71)100)96(58-76(63)62-51-81(60-23-3-1-4-24-60)98-82(52-62)61-25-5-2-6-26-61)104-93-49-45-66(101-87-39-19-11-31-72(87)73-32-12-20-40-88(73)101)56-79(93)80-57-67(46-50-94(80)104)102-89-41-21-13-33-74(89)75-34-14-22-42-90(75)102/h1-58H. The van der Waals surface area contributed by atoms with Gasteiger partial charge in [-0.2, -0.15) is 5.26 Å². The number of aromatic nitrogens is 7. The maximum atomic E-state index is 12.1. The molecule has 0 saturated carbocycles. The van der Waals surface area contributed by atoms with Gasteiger partial charge in [0.15, 0.2) is 0 Å². The summed E-state index contributed by atoms with van der Waals surface area (Å²) in [5.41, 5.74) is 24.8. The van der Waals surface area contributed by atoms with Gasteiger partial charge in [-0.25, -0.2) is 4.98 Å². The van der Waals surface area contributed by atoms with Gasteiger partial charge in [0.1, 0.15) is 0 Å². The fraction of sp³-hybridized carbons (Fsp3) is 0. The van der Waals surface area contributed by atoms with E-state index in [9.17, 15) is 5.26 Å². The van der Waals surface area contributed by atoms with Crippen LogP contribution in [0, 0.1) is 11.3 Å². The van der Waals surface area contributed by atoms with Crippen molar-refractivity contribution in [3.05, 3.63) is 357 Å². The summed E-state index contributed by atoms with van der Waals surface area (Å²) in [6.07, 6.45) is 0. The van der Waals surface area contributed by atoms with E-state index in [1.54, 1.807) is 0 Å². The second kappa shape index (κ2) is 22.4. The zero-order chi connectivity index (χ0) is 68.3. The first-order valence-electron chi connectivity index (χ1n) is 35.4. The number of rotatable bonds is 9. The fourth-order valence-electron chi connectivity index (χ4n) is 17.3. The first-order chi connectivity index (χ1) is 51.6. The molecule has 22 rings (SSSR count). The van der Waals surface area contributed by atoms with Crippen molar-refractivity contribution < 1.29 is 0 Å². The van der Waals surface area contributed by atoms with Crippen LogP contribution in [0.15, 0.2) is 352 Å². The largest absolute Gasteiger partial charge is 0.309 e. The van der Waals surface area contributed by atoms with Crippen LogP contribution in [0.2, 0.25) is 0 Å². The molecule has 0 amide bonds. The zero-order valence-corrected chi connectivity index (χ0v) is 56.1. The lowest BCUT2D eigenvalue weighted by molar-refractivity contribution is 1.09. The molecular formula is C96H58N8. The van der Waals surface area contributed by atoms with Crippen LogP contribution >= 0.6 is 0 Å². The van der Waals surface area contributed by atoms with Gasteiger partial charge >= 0.3 is 0 Å². The maximum Gasteiger partial charge on any atom is 0.0998 e. The highest BCUT2D eigenvalue weighted by Gasteiger charge is 2.27. The van der Waals surface area contributed by atoms with Crippen molar-refractivity contribution in [2.24, 2.45) is 0 Å². The lowest BCUT2D eigenvalue weighted by atomic mass is 9.95. The van der Waals surface area contributed by atoms with E-state index in [2.05, 4.69) is 373 Å². The topological polar surface area (TPSA) is 66.3 Å². The average molecular weight is 1320 g/mol. The molecule has 7 aromatic heterocycles. The lowest BCUT2D eigenvalue weighted by Crippen LogP contribution is -2.06. The van der Waals surface area contributed by atoms with E-state index in [1.165, 1.54) is 43.1 Å². The second-order valence-electron chi connectivity index (χ2n) is 27.3. The first-order valence-corrected chi connectivity index (χ1v) is 35.4. The molecule has 0 N–H and O–H groups in total. The van der Waals surface area contributed by atoms with Crippen LogP contribution in [0.25, 0.3) is 199 Å². The van der Waals surface area contributed by atoms with Crippen LogP contribution in [0.1, 0.15) is 5.56 Å². The second-order valence-corrected chi connectivity index (χ2v) is 27.3. The molecule has 0 saturated heterocycles. The van der Waals surface area contributed by atoms with Crippen molar-refractivity contribution in [1.29, 1.82) is 5.26 Å². The van der Waals surface area contributed by atoms with Gasteiger partial charge in [0.05, 0.1) is 101 Å². The Morgan fingerprint density at radius 2 is 0.442 bits per heavy atom. The molecule has 8 heteroatoms. The molecule has 0 aliphatic rings. The van der Waals surface area contributed by atoms with E-state index in [4.69, 9.17) is 4.98 Å². The number of benzene rings is 15. The summed E-state index contributed by atoms with van der Waals surface area (Å²) in [4.78, 5) is 5.39. The van der Waals surface area contributed by atoms with E-state index in [-0.39, 0.29) is 0 Å². The van der Waals surface area contributed by atoms with Gasteiger partial charge in [0.2, 0.25) is 0 Å². The Kier molecular flexibility index (Phi) is 12.4. The molecule has 7 heterocycles. The summed E-state index contributed by atoms with van der Waals surface area (Å²) in [6.45, 7) is 0. The minimum Gasteiger partial charge on any atom is -0.309 e. The van der Waals surface area contributed by atoms with Crippen molar-refractivity contribution in [2.45, 2.75) is 0 Å². The molecule has 0 spiro atoms. The van der Waals surface area contributed by atoms with Crippen LogP contribution in [0.3, 0.4) is 0 Å². The molecule has 0 fully saturated rings. The molecule has 0 radical (unpaired) electrons. The highest BCUT2D eigenvalue weighted by molar-refractivity contribution is 6.17. The third-order valence-electron chi connectivity index (χ3n) is 21.8. The Labute approximate surface area is 596 Å². The van der Waals surface area contributed by atoms with Gasteiger partial charge in [0, 0.05) is 104 Å². The molecular weight excluding hydrogens is 1270 g/mol. The third kappa shape index (κ3) is 8.44. The number of hydrogen-bond donors (Lipinski definition) is 0. The van der Waals surface area contributed by atoms with Gasteiger partial charge in [-0.1, -0.05) is 206 Å². The highest BCUT2D eigenvalue weighted by atomic mass is 15.1. The molecule has 0 bridgehead atoms. The van der Waals surface area contributed by atoms with Gasteiger partial charge in [0.25, 0.3) is 0 Å². The third-order valence-corrected chi connectivity index (χ3v) is 21.8. The Morgan fingerprint density at radius 3 is 0.712 bits per heavy atom. The van der Waals surface area contributed by atoms with Gasteiger partial charge in [-0.15, -0.1) is 0 Å². The van der Waals surface area contributed by atoms with Gasteiger partial charge in [-0.3, -0.25) is 0 Å². The molecule has 22 aromatic rings. The van der Waals surface area contributed by atoms with Crippen LogP contribution in [-0.4, -0.2) is 32.4 Å². The summed E-state index contributed by atoms with van der Waals surface area (Å²) >= 11 is 0. The van der Waals surface area contributed by atoms with Crippen molar-refractivity contribution >= 4 is 131 Å². The number of para-hydroxylation sites is 8. The minimum atomic E-state index is 0.523. The number of hydrogen-bond acceptors (Lipinski definition) is 2. The monoisotopic (exact) mass is 1320 g/mol. The molecule has 0 unspecified atom stereocenters. The number of pyridine rings is 1. The Hall–Kier alpha value is -14.3. The van der Waals surface area contributed by atoms with E-state index < -0.39 is 0 Å². The predicted molar refractivity (Wildman–Crippen MR) is 431 cm³/mol. The van der Waals surface area contributed by atoms with Crippen LogP contribution in [-0.2, 0) is 0 Å². The number of nitrogens with zero attached hydrogens (tertiary/aromatic N) is 8. The normalized spacial score (nSPS) is 12.0. The molecule has 482 valence electrons. The quantitative estimate of drug-likeness (QED) is 0.145. The predicted octanol–water partition coefficient (Wildman–Crippen LogP) is 24.5. The molecule has 8 nitrogen and oxygen atoms in total. The molecule has 0 aliphatic heterocycles. The van der Waals surface area contributed by atoms with Crippen molar-refractivity contribution in [2.75, 3.05) is 0 Å². The van der Waals surface area contributed by atoms with Crippen LogP contribution in [0.4, 0.5) is 0 Å². The van der Waals surface area contributed by atoms with Crippen molar-refractivity contribution in [3.8, 4) is 73.8 Å². The van der Waals surface area contributed by atoms with E-state index in [0.717, 1.165) is 156 Å². The number of nitriles is 1. The fourth-order valence-corrected chi connectivity index (χ4v) is 17.3. The van der Waals surface area contributed by atoms with Crippen molar-refractivity contribution in [1.82, 2.24) is 32.4 Å². The zero-order valence-electron chi connectivity index (χ0n) is 56.1. The number of fused-ring (bicyclic) bond motifs is 18. The van der Waals surface area contributed by atoms with Gasteiger partial charge < -0.3 is 27.4 Å². The molecule has 0 aliphatic carbocycles. The van der Waals surface area contributed by atoms with E-state index in [1.807, 2.05) is 12.1 Å². The summed E-state index contributed by atoms with van der Waals surface area (Å²) in [5.74, 6) is 0. The van der Waals surface area contributed by atoms with E-state index in [0.29, 0.717) is 5.56 Å². The summed E-state index contributed by atoms with van der Waals surface area (Å²) in [7, 11) is 0. The Balaban J connectivity index is 0.879. The van der Waals surface area contributed by atoms with Gasteiger partial charge in [-0.05, 0) is 151 Å². The summed E-state index contributed by atoms with van der Waals surface area (Å²) in [5, 5.41) is 26.0. The maximum absolute atomic E-state index is 12.1. The van der Waals surface area contributed by atoms with Crippen molar-refractivity contribution in [3.63, 3.8) is 0 Å². The highest BCUT2D eigenvalue weighted by Crippen LogP contribution is 2.47. The van der Waals surface area contributed by atoms with Crippen LogP contribution < -0.4 is 0 Å².